The fourth-order valence-electron chi connectivity index (χ4n) is 4.75. The summed E-state index contributed by atoms with van der Waals surface area (Å²) in [5.74, 6) is 1.49. The molecule has 0 bridgehead atoms. The Morgan fingerprint density at radius 3 is 2.53 bits per heavy atom. The van der Waals surface area contributed by atoms with E-state index >= 15 is 0 Å². The van der Waals surface area contributed by atoms with Crippen molar-refractivity contribution in [3.8, 4) is 11.3 Å². The van der Waals surface area contributed by atoms with Gasteiger partial charge in [0.05, 0.1) is 5.76 Å². The number of benzene rings is 2. The number of allylic oxidation sites excluding steroid dienone is 2. The summed E-state index contributed by atoms with van der Waals surface area (Å²) >= 11 is 0. The summed E-state index contributed by atoms with van der Waals surface area (Å²) in [6.07, 6.45) is 7.62. The predicted molar refractivity (Wildman–Crippen MR) is 126 cm³/mol. The zero-order valence-corrected chi connectivity index (χ0v) is 21.1. The normalized spacial score (nSPS) is 18.0. The van der Waals surface area contributed by atoms with E-state index in [0.29, 0.717) is 24.0 Å². The number of ketones is 1. The van der Waals surface area contributed by atoms with E-state index in [2.05, 4.69) is 49.2 Å². The van der Waals surface area contributed by atoms with Crippen molar-refractivity contribution in [2.45, 2.75) is 58.3 Å². The van der Waals surface area contributed by atoms with Crippen LogP contribution in [-0.2, 0) is 24.9 Å². The third-order valence-electron chi connectivity index (χ3n) is 6.35. The maximum absolute atomic E-state index is 11.4. The van der Waals surface area contributed by atoms with E-state index in [0.717, 1.165) is 48.9 Å². The minimum Gasteiger partial charge on any atom is -0.512 e. The number of carbonyl (C=O) groups is 1. The molecule has 1 fully saturated rings. The number of aromatic nitrogens is 1. The van der Waals surface area contributed by atoms with Crippen molar-refractivity contribution in [2.75, 3.05) is 0 Å². The number of carbonyl (C=O) groups excluding carboxylic acids is 1. The van der Waals surface area contributed by atoms with Gasteiger partial charge in [-0.25, -0.2) is 0 Å². The van der Waals surface area contributed by atoms with Crippen LogP contribution in [0.2, 0.25) is 0 Å². The number of hydrogen-bond donors (Lipinski definition) is 1. The summed E-state index contributed by atoms with van der Waals surface area (Å²) in [6, 6.07) is 19.8. The molecule has 32 heavy (non-hydrogen) atoms. The second-order valence-electron chi connectivity index (χ2n) is 8.83. The minimum atomic E-state index is 0. The van der Waals surface area contributed by atoms with Gasteiger partial charge < -0.3 is 10.1 Å². The number of pyridine rings is 1. The van der Waals surface area contributed by atoms with Crippen LogP contribution in [0.25, 0.3) is 22.0 Å². The first kappa shape index (κ1) is 24.4. The van der Waals surface area contributed by atoms with E-state index in [1.165, 1.54) is 16.3 Å². The summed E-state index contributed by atoms with van der Waals surface area (Å²) in [7, 11) is 0. The summed E-state index contributed by atoms with van der Waals surface area (Å²) in [5, 5.41) is 12.0. The zero-order chi connectivity index (χ0) is 21.8. The van der Waals surface area contributed by atoms with Crippen molar-refractivity contribution in [2.24, 2.45) is 5.92 Å². The number of Topliss-reactive ketones (excluding diaryl/α,β-unsaturated/α-hetero) is 1. The first-order chi connectivity index (χ1) is 15.0. The predicted octanol–water partition coefficient (Wildman–Crippen LogP) is 7.17. The SMILES string of the molecule is CC(C)c1cccc2cc(-c3[c-]cccc3)ncc12.O=C1CCCC2CCCC(O)=C12.[Ir]. The largest absolute Gasteiger partial charge is 0.512 e. The molecule has 2 aliphatic carbocycles. The van der Waals surface area contributed by atoms with Crippen molar-refractivity contribution in [1.29, 1.82) is 0 Å². The molecule has 3 nitrogen and oxygen atoms in total. The molecule has 169 valence electrons. The van der Waals surface area contributed by atoms with Gasteiger partial charge in [0.1, 0.15) is 0 Å². The standard InChI is InChI=1S/C18H16N.C10H14O2.Ir/c1-13(2)16-10-6-9-15-11-18(19-12-17(15)16)14-7-4-3-5-8-14;11-8-5-1-3-7-4-2-6-9(12)10(7)8;/h3-7,9-13H,1-2H3;7,11H,1-6H2;/q-1;;. The zero-order valence-electron chi connectivity index (χ0n) is 18.7. The first-order valence-corrected chi connectivity index (χ1v) is 11.4. The van der Waals surface area contributed by atoms with E-state index < -0.39 is 0 Å². The van der Waals surface area contributed by atoms with E-state index in [-0.39, 0.29) is 25.9 Å². The van der Waals surface area contributed by atoms with Crippen LogP contribution in [0, 0.1) is 12.0 Å². The Morgan fingerprint density at radius 1 is 1.06 bits per heavy atom. The fraction of sp³-hybridized carbons (Fsp3) is 0.357. The molecule has 0 saturated heterocycles. The van der Waals surface area contributed by atoms with Crippen LogP contribution in [-0.4, -0.2) is 15.9 Å². The van der Waals surface area contributed by atoms with Crippen LogP contribution >= 0.6 is 0 Å². The maximum Gasteiger partial charge on any atom is 0.162 e. The maximum atomic E-state index is 11.4. The summed E-state index contributed by atoms with van der Waals surface area (Å²) < 4.78 is 0. The molecule has 1 heterocycles. The van der Waals surface area contributed by atoms with Crippen molar-refractivity contribution in [1.82, 2.24) is 4.98 Å². The molecule has 2 aromatic carbocycles. The summed E-state index contributed by atoms with van der Waals surface area (Å²) in [6.45, 7) is 4.43. The molecule has 0 aliphatic heterocycles. The number of hydrogen-bond acceptors (Lipinski definition) is 3. The summed E-state index contributed by atoms with van der Waals surface area (Å²) in [5.41, 5.74) is 4.15. The van der Waals surface area contributed by atoms with E-state index in [1.54, 1.807) is 0 Å². The molecular formula is C28H30IrNO2-. The average Bonchev–Trinajstić information content (AvgIpc) is 2.79. The number of rotatable bonds is 2. The van der Waals surface area contributed by atoms with Crippen LogP contribution < -0.4 is 0 Å². The van der Waals surface area contributed by atoms with Gasteiger partial charge in [-0.1, -0.05) is 38.1 Å². The van der Waals surface area contributed by atoms with Gasteiger partial charge in [0.25, 0.3) is 0 Å². The van der Waals surface area contributed by atoms with Gasteiger partial charge >= 0.3 is 0 Å². The van der Waals surface area contributed by atoms with Crippen LogP contribution in [0.3, 0.4) is 0 Å². The second-order valence-corrected chi connectivity index (χ2v) is 8.83. The number of nitrogens with zero attached hydrogens (tertiary/aromatic N) is 1. The number of aliphatic hydroxyl groups is 1. The summed E-state index contributed by atoms with van der Waals surface area (Å²) in [4.78, 5) is 16.0. The Balaban J connectivity index is 0.000000193. The van der Waals surface area contributed by atoms with Gasteiger partial charge in [-0.3, -0.25) is 4.79 Å². The van der Waals surface area contributed by atoms with Gasteiger partial charge in [0.2, 0.25) is 0 Å². The Morgan fingerprint density at radius 2 is 1.84 bits per heavy atom. The molecule has 1 radical (unpaired) electrons. The molecule has 0 amide bonds. The van der Waals surface area contributed by atoms with Gasteiger partial charge in [-0.15, -0.1) is 35.9 Å². The quantitative estimate of drug-likeness (QED) is 0.316. The minimum absolute atomic E-state index is 0. The number of aliphatic hydroxyl groups excluding tert-OH is 1. The van der Waals surface area contributed by atoms with E-state index in [1.807, 2.05) is 30.5 Å². The Kier molecular flexibility index (Phi) is 8.39. The Hall–Kier alpha value is -2.29. The van der Waals surface area contributed by atoms with Crippen LogP contribution in [0.4, 0.5) is 0 Å². The molecule has 3 aromatic rings. The molecular weight excluding hydrogens is 575 g/mol. The Labute approximate surface area is 204 Å². The topological polar surface area (TPSA) is 50.2 Å². The smallest absolute Gasteiger partial charge is 0.162 e. The number of fused-ring (bicyclic) bond motifs is 2. The average molecular weight is 605 g/mol. The van der Waals surface area contributed by atoms with Crippen LogP contribution in [0.15, 0.2) is 66.1 Å². The van der Waals surface area contributed by atoms with Crippen molar-refractivity contribution in [3.05, 3.63) is 77.7 Å². The third-order valence-corrected chi connectivity index (χ3v) is 6.35. The van der Waals surface area contributed by atoms with Gasteiger partial charge in [0.15, 0.2) is 5.78 Å². The fourth-order valence-corrected chi connectivity index (χ4v) is 4.75. The molecule has 4 heteroatoms. The molecule has 1 atom stereocenters. The molecule has 0 spiro atoms. The second kappa shape index (κ2) is 11.0. The van der Waals surface area contributed by atoms with E-state index in [4.69, 9.17) is 0 Å². The molecule has 1 aromatic heterocycles. The monoisotopic (exact) mass is 605 g/mol. The van der Waals surface area contributed by atoms with Gasteiger partial charge in [-0.05, 0) is 54.2 Å². The van der Waals surface area contributed by atoms with E-state index in [9.17, 15) is 9.90 Å². The van der Waals surface area contributed by atoms with Crippen LogP contribution in [0.1, 0.15) is 63.9 Å². The van der Waals surface area contributed by atoms with Crippen molar-refractivity contribution in [3.63, 3.8) is 0 Å². The molecule has 1 unspecified atom stereocenters. The van der Waals surface area contributed by atoms with Crippen molar-refractivity contribution < 1.29 is 30.0 Å². The molecule has 2 aliphatic rings. The molecule has 5 rings (SSSR count). The Bertz CT molecular complexity index is 1100. The molecule has 1 N–H and O–H groups in total. The van der Waals surface area contributed by atoms with Crippen LogP contribution in [0.5, 0.6) is 0 Å². The van der Waals surface area contributed by atoms with Crippen molar-refractivity contribution >= 4 is 16.6 Å². The van der Waals surface area contributed by atoms with Gasteiger partial charge in [0, 0.05) is 50.1 Å². The van der Waals surface area contributed by atoms with Gasteiger partial charge in [-0.2, -0.15) is 0 Å². The third kappa shape index (κ3) is 5.36. The first-order valence-electron chi connectivity index (χ1n) is 11.4. The molecule has 1 saturated carbocycles.